The predicted octanol–water partition coefficient (Wildman–Crippen LogP) is 0.628. The highest BCUT2D eigenvalue weighted by Crippen LogP contribution is 2.16. The molecule has 1 saturated heterocycles. The molecular formula is C13H22N4O. The molecule has 0 aromatic carbocycles. The van der Waals surface area contributed by atoms with Crippen LogP contribution in [0.4, 0.5) is 11.6 Å². The molecule has 0 radical (unpaired) electrons. The van der Waals surface area contributed by atoms with E-state index in [1.165, 1.54) is 0 Å². The van der Waals surface area contributed by atoms with Gasteiger partial charge in [-0.2, -0.15) is 0 Å². The number of nitrogens with one attached hydrogen (secondary N) is 1. The number of pyridine rings is 1. The van der Waals surface area contributed by atoms with Crippen LogP contribution in [0.5, 0.6) is 0 Å². The van der Waals surface area contributed by atoms with E-state index in [-0.39, 0.29) is 6.61 Å². The van der Waals surface area contributed by atoms with Gasteiger partial charge in [-0.1, -0.05) is 6.07 Å². The second-order valence-electron chi connectivity index (χ2n) is 4.46. The molecule has 0 atom stereocenters. The third-order valence-corrected chi connectivity index (χ3v) is 3.20. The van der Waals surface area contributed by atoms with Crippen LogP contribution in [0.3, 0.4) is 0 Å². The van der Waals surface area contributed by atoms with Crippen molar-refractivity contribution in [2.75, 3.05) is 56.1 Å². The van der Waals surface area contributed by atoms with Crippen molar-refractivity contribution in [2.45, 2.75) is 6.92 Å². The third-order valence-electron chi connectivity index (χ3n) is 3.20. The van der Waals surface area contributed by atoms with Crippen molar-refractivity contribution in [3.8, 4) is 0 Å². The molecular weight excluding hydrogens is 228 g/mol. The maximum atomic E-state index is 8.92. The SMILES string of the molecule is CCNc1cccc(N2CCN(CCO)CC2)n1. The fourth-order valence-electron chi connectivity index (χ4n) is 2.22. The summed E-state index contributed by atoms with van der Waals surface area (Å²) < 4.78 is 0. The summed E-state index contributed by atoms with van der Waals surface area (Å²) in [6.45, 7) is 7.92. The maximum Gasteiger partial charge on any atom is 0.131 e. The van der Waals surface area contributed by atoms with Crippen LogP contribution in [0, 0.1) is 0 Å². The molecule has 1 aliphatic rings. The van der Waals surface area contributed by atoms with E-state index in [1.54, 1.807) is 0 Å². The smallest absolute Gasteiger partial charge is 0.131 e. The molecule has 5 heteroatoms. The van der Waals surface area contributed by atoms with Crippen LogP contribution in [0.25, 0.3) is 0 Å². The summed E-state index contributed by atoms with van der Waals surface area (Å²) in [5, 5.41) is 12.2. The van der Waals surface area contributed by atoms with Gasteiger partial charge in [-0.25, -0.2) is 4.98 Å². The highest BCUT2D eigenvalue weighted by Gasteiger charge is 2.17. The van der Waals surface area contributed by atoms with Crippen molar-refractivity contribution in [1.82, 2.24) is 9.88 Å². The Morgan fingerprint density at radius 3 is 2.72 bits per heavy atom. The number of aliphatic hydroxyl groups excluding tert-OH is 1. The molecule has 5 nitrogen and oxygen atoms in total. The van der Waals surface area contributed by atoms with Gasteiger partial charge in [-0.15, -0.1) is 0 Å². The topological polar surface area (TPSA) is 51.6 Å². The van der Waals surface area contributed by atoms with Crippen molar-refractivity contribution >= 4 is 11.6 Å². The molecule has 1 aromatic rings. The summed E-state index contributed by atoms with van der Waals surface area (Å²) in [6, 6.07) is 6.10. The summed E-state index contributed by atoms with van der Waals surface area (Å²) in [4.78, 5) is 9.19. The zero-order chi connectivity index (χ0) is 12.8. The Bertz CT molecular complexity index is 364. The molecule has 0 saturated carbocycles. The summed E-state index contributed by atoms with van der Waals surface area (Å²) in [7, 11) is 0. The number of aromatic nitrogens is 1. The molecule has 1 aromatic heterocycles. The lowest BCUT2D eigenvalue weighted by molar-refractivity contribution is 0.188. The van der Waals surface area contributed by atoms with E-state index in [1.807, 2.05) is 12.1 Å². The van der Waals surface area contributed by atoms with Crippen LogP contribution in [-0.4, -0.2) is 60.9 Å². The van der Waals surface area contributed by atoms with Gasteiger partial charge in [0.1, 0.15) is 11.6 Å². The molecule has 18 heavy (non-hydrogen) atoms. The van der Waals surface area contributed by atoms with Crippen molar-refractivity contribution in [3.63, 3.8) is 0 Å². The van der Waals surface area contributed by atoms with Crippen molar-refractivity contribution in [1.29, 1.82) is 0 Å². The predicted molar refractivity (Wildman–Crippen MR) is 74.1 cm³/mol. The van der Waals surface area contributed by atoms with Crippen molar-refractivity contribution in [3.05, 3.63) is 18.2 Å². The Labute approximate surface area is 108 Å². The first-order chi connectivity index (χ1) is 8.83. The Kier molecular flexibility index (Phi) is 4.78. The number of anilines is 2. The minimum absolute atomic E-state index is 0.244. The number of aliphatic hydroxyl groups is 1. The summed E-state index contributed by atoms with van der Waals surface area (Å²) in [5.74, 6) is 1.98. The van der Waals surface area contributed by atoms with E-state index >= 15 is 0 Å². The van der Waals surface area contributed by atoms with Gasteiger partial charge in [0.15, 0.2) is 0 Å². The van der Waals surface area contributed by atoms with E-state index in [4.69, 9.17) is 5.11 Å². The molecule has 2 N–H and O–H groups in total. The summed E-state index contributed by atoms with van der Waals surface area (Å²) in [6.07, 6.45) is 0. The molecule has 0 unspecified atom stereocenters. The van der Waals surface area contributed by atoms with E-state index in [0.29, 0.717) is 0 Å². The summed E-state index contributed by atoms with van der Waals surface area (Å²) >= 11 is 0. The van der Waals surface area contributed by atoms with Crippen molar-refractivity contribution in [2.24, 2.45) is 0 Å². The molecule has 1 aliphatic heterocycles. The van der Waals surface area contributed by atoms with Gasteiger partial charge in [0, 0.05) is 39.3 Å². The van der Waals surface area contributed by atoms with Gasteiger partial charge in [0.05, 0.1) is 6.61 Å². The lowest BCUT2D eigenvalue weighted by Gasteiger charge is -2.35. The monoisotopic (exact) mass is 250 g/mol. The fourth-order valence-corrected chi connectivity index (χ4v) is 2.22. The highest BCUT2D eigenvalue weighted by atomic mass is 16.3. The standard InChI is InChI=1S/C13H22N4O/c1-2-14-12-4-3-5-13(15-12)17-8-6-16(7-9-17)10-11-18/h3-5,18H,2,6-11H2,1H3,(H,14,15). The number of hydrogen-bond acceptors (Lipinski definition) is 5. The minimum atomic E-state index is 0.244. The second kappa shape index (κ2) is 6.56. The largest absolute Gasteiger partial charge is 0.395 e. The molecule has 0 amide bonds. The van der Waals surface area contributed by atoms with Gasteiger partial charge < -0.3 is 15.3 Å². The van der Waals surface area contributed by atoms with Crippen LogP contribution in [-0.2, 0) is 0 Å². The molecule has 100 valence electrons. The molecule has 0 bridgehead atoms. The number of rotatable bonds is 5. The fraction of sp³-hybridized carbons (Fsp3) is 0.615. The maximum absolute atomic E-state index is 8.92. The van der Waals surface area contributed by atoms with Gasteiger partial charge in [-0.3, -0.25) is 4.90 Å². The second-order valence-corrected chi connectivity index (χ2v) is 4.46. The molecule has 2 rings (SSSR count). The minimum Gasteiger partial charge on any atom is -0.395 e. The molecule has 0 spiro atoms. The lowest BCUT2D eigenvalue weighted by atomic mass is 10.3. The van der Waals surface area contributed by atoms with Crippen LogP contribution in [0.2, 0.25) is 0 Å². The number of piperazine rings is 1. The number of β-amino-alcohol motifs (C(OH)–C–C–N with tert-alkyl or cyclic N) is 1. The Balaban J connectivity index is 1.94. The first kappa shape index (κ1) is 13.1. The lowest BCUT2D eigenvalue weighted by Crippen LogP contribution is -2.47. The van der Waals surface area contributed by atoms with E-state index < -0.39 is 0 Å². The van der Waals surface area contributed by atoms with Crippen molar-refractivity contribution < 1.29 is 5.11 Å². The number of hydrogen-bond donors (Lipinski definition) is 2. The Morgan fingerprint density at radius 1 is 1.28 bits per heavy atom. The molecule has 2 heterocycles. The Hall–Kier alpha value is -1.33. The first-order valence-electron chi connectivity index (χ1n) is 6.62. The first-order valence-corrected chi connectivity index (χ1v) is 6.62. The van der Waals surface area contributed by atoms with Gasteiger partial charge in [0.2, 0.25) is 0 Å². The molecule has 1 fully saturated rings. The zero-order valence-corrected chi connectivity index (χ0v) is 11.0. The van der Waals surface area contributed by atoms with E-state index in [9.17, 15) is 0 Å². The van der Waals surface area contributed by atoms with Gasteiger partial charge >= 0.3 is 0 Å². The zero-order valence-electron chi connectivity index (χ0n) is 11.0. The average Bonchev–Trinajstić information content (AvgIpc) is 2.41. The van der Waals surface area contributed by atoms with Crippen LogP contribution >= 0.6 is 0 Å². The summed E-state index contributed by atoms with van der Waals surface area (Å²) in [5.41, 5.74) is 0. The van der Waals surface area contributed by atoms with E-state index in [0.717, 1.165) is 50.9 Å². The third kappa shape index (κ3) is 3.34. The Morgan fingerprint density at radius 2 is 2.06 bits per heavy atom. The van der Waals surface area contributed by atoms with Crippen LogP contribution < -0.4 is 10.2 Å². The van der Waals surface area contributed by atoms with Crippen LogP contribution in [0.1, 0.15) is 6.92 Å². The average molecular weight is 250 g/mol. The van der Waals surface area contributed by atoms with E-state index in [2.05, 4.69) is 33.1 Å². The van der Waals surface area contributed by atoms with Gasteiger partial charge in [0.25, 0.3) is 0 Å². The molecule has 0 aliphatic carbocycles. The highest BCUT2D eigenvalue weighted by molar-refractivity contribution is 5.47. The quantitative estimate of drug-likeness (QED) is 0.802. The normalized spacial score (nSPS) is 16.9. The van der Waals surface area contributed by atoms with Crippen LogP contribution in [0.15, 0.2) is 18.2 Å². The number of nitrogens with zero attached hydrogens (tertiary/aromatic N) is 3. The van der Waals surface area contributed by atoms with Gasteiger partial charge in [-0.05, 0) is 19.1 Å².